The molecular formula is C8H2F3N3S. The van der Waals surface area contributed by atoms with Crippen LogP contribution in [0.1, 0.15) is 11.3 Å². The Bertz CT molecular complexity index is 456. The molecule has 1 aromatic rings. The molecule has 0 saturated carbocycles. The average molecular weight is 229 g/mol. The highest BCUT2D eigenvalue weighted by molar-refractivity contribution is 8.03. The fourth-order valence-corrected chi connectivity index (χ4v) is 1.25. The highest BCUT2D eigenvalue weighted by Gasteiger charge is 2.34. The Hall–Kier alpha value is -1.73. The molecule has 7 heteroatoms. The molecule has 0 bridgehead atoms. The quantitative estimate of drug-likeness (QED) is 0.548. The van der Waals surface area contributed by atoms with Crippen molar-refractivity contribution in [1.29, 1.82) is 10.5 Å². The van der Waals surface area contributed by atoms with E-state index in [0.717, 1.165) is 12.3 Å². The van der Waals surface area contributed by atoms with Gasteiger partial charge in [0.2, 0.25) is 0 Å². The molecule has 0 unspecified atom stereocenters. The van der Waals surface area contributed by atoms with Crippen LogP contribution in [0.25, 0.3) is 0 Å². The summed E-state index contributed by atoms with van der Waals surface area (Å²) in [5.41, 5.74) is -1.81. The first-order valence-electron chi connectivity index (χ1n) is 3.52. The van der Waals surface area contributed by atoms with E-state index in [1.807, 2.05) is 0 Å². The van der Waals surface area contributed by atoms with Crippen molar-refractivity contribution < 1.29 is 13.2 Å². The second-order valence-corrected chi connectivity index (χ2v) is 3.23. The van der Waals surface area contributed by atoms with Crippen LogP contribution in [0.5, 0.6) is 0 Å². The van der Waals surface area contributed by atoms with Crippen molar-refractivity contribution in [1.82, 2.24) is 4.98 Å². The second kappa shape index (κ2) is 4.20. The molecule has 0 aromatic carbocycles. The van der Waals surface area contributed by atoms with Gasteiger partial charge in [-0.05, 0) is 17.8 Å². The van der Waals surface area contributed by atoms with Crippen LogP contribution in [0.3, 0.4) is 0 Å². The zero-order chi connectivity index (χ0) is 11.5. The summed E-state index contributed by atoms with van der Waals surface area (Å²) in [7, 11) is 0. The SMILES string of the molecule is N#CSc1cnc(C#N)c(C(F)(F)F)c1. The number of hydrogen-bond acceptors (Lipinski definition) is 4. The van der Waals surface area contributed by atoms with E-state index in [0.29, 0.717) is 11.8 Å². The fraction of sp³-hybridized carbons (Fsp3) is 0.125. The normalized spacial score (nSPS) is 10.5. The molecule has 1 aromatic heterocycles. The van der Waals surface area contributed by atoms with Gasteiger partial charge in [-0.3, -0.25) is 0 Å². The lowest BCUT2D eigenvalue weighted by Crippen LogP contribution is -2.09. The number of halogens is 3. The molecule has 1 rings (SSSR count). The molecule has 1 heterocycles. The maximum absolute atomic E-state index is 12.4. The molecule has 0 atom stereocenters. The Morgan fingerprint density at radius 3 is 2.47 bits per heavy atom. The standard InChI is InChI=1S/C8H2F3N3S/c9-8(10,11)6-1-5(15-4-13)3-14-7(6)2-12/h1,3H. The van der Waals surface area contributed by atoms with Gasteiger partial charge in [-0.15, -0.1) is 0 Å². The first kappa shape index (κ1) is 11.3. The van der Waals surface area contributed by atoms with Gasteiger partial charge in [0.15, 0.2) is 5.69 Å². The highest BCUT2D eigenvalue weighted by atomic mass is 32.2. The molecule has 0 radical (unpaired) electrons. The molecule has 3 nitrogen and oxygen atoms in total. The van der Waals surface area contributed by atoms with Crippen LogP contribution in [0.4, 0.5) is 13.2 Å². The summed E-state index contributed by atoms with van der Waals surface area (Å²) >= 11 is 0.558. The van der Waals surface area contributed by atoms with Crippen LogP contribution >= 0.6 is 11.8 Å². The van der Waals surface area contributed by atoms with Gasteiger partial charge >= 0.3 is 6.18 Å². The van der Waals surface area contributed by atoms with Gasteiger partial charge in [0.1, 0.15) is 11.5 Å². The van der Waals surface area contributed by atoms with E-state index < -0.39 is 17.4 Å². The van der Waals surface area contributed by atoms with E-state index in [-0.39, 0.29) is 4.90 Å². The van der Waals surface area contributed by atoms with Crippen molar-refractivity contribution in [2.24, 2.45) is 0 Å². The summed E-state index contributed by atoms with van der Waals surface area (Å²) < 4.78 is 37.1. The van der Waals surface area contributed by atoms with E-state index in [1.54, 1.807) is 5.40 Å². The van der Waals surface area contributed by atoms with Gasteiger partial charge < -0.3 is 0 Å². The number of rotatable bonds is 1. The first-order chi connectivity index (χ1) is 6.99. The Kier molecular flexibility index (Phi) is 3.17. The fourth-order valence-electron chi connectivity index (χ4n) is 0.859. The van der Waals surface area contributed by atoms with Crippen molar-refractivity contribution in [3.8, 4) is 11.5 Å². The first-order valence-corrected chi connectivity index (χ1v) is 4.34. The minimum atomic E-state index is -4.63. The number of thioether (sulfide) groups is 1. The molecule has 0 fully saturated rings. The predicted octanol–water partition coefficient (Wildman–Crippen LogP) is 2.55. The zero-order valence-electron chi connectivity index (χ0n) is 7.04. The van der Waals surface area contributed by atoms with E-state index in [1.165, 1.54) is 6.07 Å². The van der Waals surface area contributed by atoms with E-state index in [4.69, 9.17) is 10.5 Å². The number of aromatic nitrogens is 1. The van der Waals surface area contributed by atoms with Crippen molar-refractivity contribution in [2.45, 2.75) is 11.1 Å². The summed E-state index contributed by atoms with van der Waals surface area (Å²) in [4.78, 5) is 3.39. The Labute approximate surface area is 87.2 Å². The van der Waals surface area contributed by atoms with E-state index >= 15 is 0 Å². The van der Waals surface area contributed by atoms with Gasteiger partial charge in [-0.2, -0.15) is 23.7 Å². The topological polar surface area (TPSA) is 60.5 Å². The summed E-state index contributed by atoms with van der Waals surface area (Å²) in [6, 6.07) is 2.08. The van der Waals surface area contributed by atoms with Crippen LogP contribution < -0.4 is 0 Å². The Morgan fingerprint density at radius 1 is 1.33 bits per heavy atom. The molecule has 0 aliphatic heterocycles. The van der Waals surface area contributed by atoms with Crippen molar-refractivity contribution >= 4 is 11.8 Å². The summed E-state index contributed by atoms with van der Waals surface area (Å²) in [5.74, 6) is 0. The Morgan fingerprint density at radius 2 is 2.00 bits per heavy atom. The molecule has 0 saturated heterocycles. The van der Waals surface area contributed by atoms with Gasteiger partial charge in [-0.1, -0.05) is 0 Å². The van der Waals surface area contributed by atoms with Crippen molar-refractivity contribution in [2.75, 3.05) is 0 Å². The third kappa shape index (κ3) is 2.61. The van der Waals surface area contributed by atoms with Gasteiger partial charge in [0, 0.05) is 11.1 Å². The second-order valence-electron chi connectivity index (χ2n) is 2.37. The lowest BCUT2D eigenvalue weighted by atomic mass is 10.2. The number of nitriles is 2. The monoisotopic (exact) mass is 229 g/mol. The average Bonchev–Trinajstić information content (AvgIpc) is 2.17. The molecular weight excluding hydrogens is 227 g/mol. The minimum absolute atomic E-state index is 0.0591. The van der Waals surface area contributed by atoms with Crippen LogP contribution in [-0.4, -0.2) is 4.98 Å². The van der Waals surface area contributed by atoms with E-state index in [2.05, 4.69) is 4.98 Å². The summed E-state index contributed by atoms with van der Waals surface area (Å²) in [6.07, 6.45) is -3.58. The molecule has 15 heavy (non-hydrogen) atoms. The summed E-state index contributed by atoms with van der Waals surface area (Å²) in [6.45, 7) is 0. The van der Waals surface area contributed by atoms with Crippen molar-refractivity contribution in [3.05, 3.63) is 23.5 Å². The maximum atomic E-state index is 12.4. The smallest absolute Gasteiger partial charge is 0.244 e. The molecule has 0 amide bonds. The largest absolute Gasteiger partial charge is 0.419 e. The van der Waals surface area contributed by atoms with Gasteiger partial charge in [-0.25, -0.2) is 4.98 Å². The van der Waals surface area contributed by atoms with Crippen LogP contribution in [-0.2, 0) is 6.18 Å². The van der Waals surface area contributed by atoms with Crippen molar-refractivity contribution in [3.63, 3.8) is 0 Å². The molecule has 76 valence electrons. The lowest BCUT2D eigenvalue weighted by Gasteiger charge is -2.07. The molecule has 0 N–H and O–H groups in total. The van der Waals surface area contributed by atoms with Gasteiger partial charge in [0.25, 0.3) is 0 Å². The van der Waals surface area contributed by atoms with E-state index in [9.17, 15) is 13.2 Å². The van der Waals surface area contributed by atoms with Crippen LogP contribution in [0.15, 0.2) is 17.2 Å². The number of hydrogen-bond donors (Lipinski definition) is 0. The summed E-state index contributed by atoms with van der Waals surface area (Å²) in [5, 5.41) is 18.3. The van der Waals surface area contributed by atoms with Crippen LogP contribution in [0.2, 0.25) is 0 Å². The number of thiocyanates is 1. The third-order valence-corrected chi connectivity index (χ3v) is 1.99. The Balaban J connectivity index is 3.29. The molecule has 0 aliphatic rings. The number of pyridine rings is 1. The third-order valence-electron chi connectivity index (χ3n) is 1.44. The zero-order valence-corrected chi connectivity index (χ0v) is 7.85. The minimum Gasteiger partial charge on any atom is -0.244 e. The van der Waals surface area contributed by atoms with Gasteiger partial charge in [0.05, 0.1) is 5.56 Å². The number of nitrogens with zero attached hydrogens (tertiary/aromatic N) is 3. The predicted molar refractivity (Wildman–Crippen MR) is 45.4 cm³/mol. The molecule has 0 aliphatic carbocycles. The lowest BCUT2D eigenvalue weighted by molar-refractivity contribution is -0.138. The van der Waals surface area contributed by atoms with Crippen LogP contribution in [0, 0.1) is 22.0 Å². The number of alkyl halides is 3. The molecule has 0 spiro atoms. The highest BCUT2D eigenvalue weighted by Crippen LogP contribution is 2.33. The maximum Gasteiger partial charge on any atom is 0.419 e.